The predicted molar refractivity (Wildman–Crippen MR) is 128 cm³/mol. The summed E-state index contributed by atoms with van der Waals surface area (Å²) in [5, 5.41) is 6.62. The SMILES string of the molecule is C=CC(=O)N[C@@H]1CCN(c2nc(Nc3cccc(OCCN4CCOCC4)c3)ncc2Cl)C1. The summed E-state index contributed by atoms with van der Waals surface area (Å²) in [4.78, 5) is 24.9. The van der Waals surface area contributed by atoms with E-state index in [1.807, 2.05) is 29.2 Å². The van der Waals surface area contributed by atoms with Gasteiger partial charge in [0.25, 0.3) is 0 Å². The summed E-state index contributed by atoms with van der Waals surface area (Å²) in [6, 6.07) is 7.75. The molecule has 2 aliphatic heterocycles. The number of amides is 1. The van der Waals surface area contributed by atoms with Crippen molar-refractivity contribution >= 4 is 35.0 Å². The molecule has 0 unspecified atom stereocenters. The van der Waals surface area contributed by atoms with Gasteiger partial charge in [0, 0.05) is 50.5 Å². The molecule has 3 heterocycles. The molecule has 0 aliphatic carbocycles. The fourth-order valence-electron chi connectivity index (χ4n) is 3.88. The number of ether oxygens (including phenoxy) is 2. The number of nitrogens with zero attached hydrogens (tertiary/aromatic N) is 4. The topological polar surface area (TPSA) is 91.9 Å². The number of rotatable bonds is 9. The molecule has 4 rings (SSSR count). The molecular weight excluding hydrogens is 444 g/mol. The highest BCUT2D eigenvalue weighted by atomic mass is 35.5. The first-order valence-electron chi connectivity index (χ1n) is 11.1. The van der Waals surface area contributed by atoms with E-state index in [2.05, 4.69) is 32.1 Å². The summed E-state index contributed by atoms with van der Waals surface area (Å²) in [5.74, 6) is 1.69. The van der Waals surface area contributed by atoms with Crippen molar-refractivity contribution in [3.63, 3.8) is 0 Å². The van der Waals surface area contributed by atoms with Gasteiger partial charge in [-0.3, -0.25) is 9.69 Å². The van der Waals surface area contributed by atoms with E-state index in [1.54, 1.807) is 6.20 Å². The molecule has 2 aliphatic rings. The second-order valence-electron chi connectivity index (χ2n) is 7.96. The first-order chi connectivity index (χ1) is 16.1. The van der Waals surface area contributed by atoms with Gasteiger partial charge in [0.2, 0.25) is 11.9 Å². The minimum Gasteiger partial charge on any atom is -0.492 e. The molecule has 1 aromatic heterocycles. The fourth-order valence-corrected chi connectivity index (χ4v) is 4.09. The Kier molecular flexibility index (Phi) is 7.98. The van der Waals surface area contributed by atoms with Crippen LogP contribution in [0.25, 0.3) is 0 Å². The highest BCUT2D eigenvalue weighted by Crippen LogP contribution is 2.28. The normalized spacial score (nSPS) is 18.7. The summed E-state index contributed by atoms with van der Waals surface area (Å²) in [5.41, 5.74) is 0.824. The van der Waals surface area contributed by atoms with Crippen molar-refractivity contribution in [1.82, 2.24) is 20.2 Å². The van der Waals surface area contributed by atoms with Gasteiger partial charge in [-0.25, -0.2) is 4.98 Å². The molecule has 1 aromatic carbocycles. The lowest BCUT2D eigenvalue weighted by Crippen LogP contribution is -2.38. The van der Waals surface area contributed by atoms with Crippen LogP contribution in [0.15, 0.2) is 43.1 Å². The van der Waals surface area contributed by atoms with Gasteiger partial charge in [0.15, 0.2) is 5.82 Å². The Morgan fingerprint density at radius 3 is 3.00 bits per heavy atom. The van der Waals surface area contributed by atoms with Crippen LogP contribution in [0, 0.1) is 0 Å². The van der Waals surface area contributed by atoms with Crippen LogP contribution >= 0.6 is 11.6 Å². The van der Waals surface area contributed by atoms with Crippen molar-refractivity contribution in [2.24, 2.45) is 0 Å². The average Bonchev–Trinajstić information content (AvgIpc) is 3.29. The molecule has 33 heavy (non-hydrogen) atoms. The van der Waals surface area contributed by atoms with Crippen molar-refractivity contribution in [2.75, 3.05) is 62.8 Å². The number of morpholine rings is 1. The highest BCUT2D eigenvalue weighted by molar-refractivity contribution is 6.32. The van der Waals surface area contributed by atoms with E-state index in [0.717, 1.165) is 57.3 Å². The van der Waals surface area contributed by atoms with Gasteiger partial charge in [0.1, 0.15) is 17.4 Å². The van der Waals surface area contributed by atoms with Gasteiger partial charge in [0.05, 0.1) is 19.4 Å². The second-order valence-corrected chi connectivity index (χ2v) is 8.37. The molecule has 2 saturated heterocycles. The van der Waals surface area contributed by atoms with E-state index in [1.165, 1.54) is 6.08 Å². The average molecular weight is 473 g/mol. The first kappa shape index (κ1) is 23.3. The van der Waals surface area contributed by atoms with E-state index < -0.39 is 0 Å². The van der Waals surface area contributed by atoms with Crippen LogP contribution in [0.1, 0.15) is 6.42 Å². The Morgan fingerprint density at radius 1 is 1.33 bits per heavy atom. The second kappa shape index (κ2) is 11.3. The molecule has 9 nitrogen and oxygen atoms in total. The third-order valence-corrected chi connectivity index (χ3v) is 5.88. The standard InChI is InChI=1S/C23H29ClN6O3/c1-2-21(31)26-18-6-7-30(16-18)22-20(24)15-25-23(28-22)27-17-4-3-5-19(14-17)33-13-10-29-8-11-32-12-9-29/h2-5,14-15,18H,1,6-13,16H2,(H,26,31)(H,25,27,28)/t18-/m1/s1. The number of hydrogen-bond acceptors (Lipinski definition) is 8. The summed E-state index contributed by atoms with van der Waals surface area (Å²) >= 11 is 6.38. The molecular formula is C23H29ClN6O3. The summed E-state index contributed by atoms with van der Waals surface area (Å²) in [6.07, 6.45) is 3.68. The molecule has 0 bridgehead atoms. The zero-order chi connectivity index (χ0) is 23.0. The summed E-state index contributed by atoms with van der Waals surface area (Å²) < 4.78 is 11.3. The fraction of sp³-hybridized carbons (Fsp3) is 0.435. The minimum atomic E-state index is -0.176. The largest absolute Gasteiger partial charge is 0.492 e. The van der Waals surface area contributed by atoms with Crippen molar-refractivity contribution in [1.29, 1.82) is 0 Å². The maximum Gasteiger partial charge on any atom is 0.243 e. The number of nitrogens with one attached hydrogen (secondary N) is 2. The maximum absolute atomic E-state index is 11.6. The van der Waals surface area contributed by atoms with Gasteiger partial charge in [-0.05, 0) is 24.6 Å². The Labute approximate surface area is 198 Å². The Hall–Kier alpha value is -2.88. The van der Waals surface area contributed by atoms with Crippen LogP contribution in [-0.4, -0.2) is 79.4 Å². The molecule has 2 fully saturated rings. The van der Waals surface area contributed by atoms with E-state index >= 15 is 0 Å². The zero-order valence-electron chi connectivity index (χ0n) is 18.5. The van der Waals surface area contributed by atoms with Crippen LogP contribution in [0.4, 0.5) is 17.5 Å². The van der Waals surface area contributed by atoms with E-state index in [-0.39, 0.29) is 11.9 Å². The number of carbonyl (C=O) groups excluding carboxylic acids is 1. The molecule has 176 valence electrons. The minimum absolute atomic E-state index is 0.0317. The van der Waals surface area contributed by atoms with Gasteiger partial charge in [-0.15, -0.1) is 0 Å². The van der Waals surface area contributed by atoms with E-state index in [0.29, 0.717) is 29.9 Å². The number of hydrogen-bond donors (Lipinski definition) is 2. The van der Waals surface area contributed by atoms with Crippen LogP contribution in [0.3, 0.4) is 0 Å². The van der Waals surface area contributed by atoms with Crippen LogP contribution in [0.2, 0.25) is 5.02 Å². The Morgan fingerprint density at radius 2 is 2.18 bits per heavy atom. The first-order valence-corrected chi connectivity index (χ1v) is 11.5. The number of aromatic nitrogens is 2. The molecule has 1 atom stereocenters. The molecule has 2 aromatic rings. The predicted octanol–water partition coefficient (Wildman–Crippen LogP) is 2.47. The molecule has 0 spiro atoms. The van der Waals surface area contributed by atoms with Gasteiger partial charge in [-0.1, -0.05) is 24.2 Å². The maximum atomic E-state index is 11.6. The molecule has 0 saturated carbocycles. The smallest absolute Gasteiger partial charge is 0.243 e. The Bertz CT molecular complexity index is 969. The number of anilines is 3. The van der Waals surface area contributed by atoms with Gasteiger partial charge < -0.3 is 25.0 Å². The van der Waals surface area contributed by atoms with Crippen molar-refractivity contribution in [2.45, 2.75) is 12.5 Å². The molecule has 1 amide bonds. The third-order valence-electron chi connectivity index (χ3n) is 5.62. The lowest BCUT2D eigenvalue weighted by atomic mass is 10.2. The quantitative estimate of drug-likeness (QED) is 0.538. The summed E-state index contributed by atoms with van der Waals surface area (Å²) in [7, 11) is 0. The van der Waals surface area contributed by atoms with E-state index in [9.17, 15) is 4.79 Å². The van der Waals surface area contributed by atoms with Crippen molar-refractivity contribution in [3.8, 4) is 5.75 Å². The lowest BCUT2D eigenvalue weighted by Gasteiger charge is -2.26. The highest BCUT2D eigenvalue weighted by Gasteiger charge is 2.26. The summed E-state index contributed by atoms with van der Waals surface area (Å²) in [6.45, 7) is 9.80. The van der Waals surface area contributed by atoms with Crippen molar-refractivity contribution in [3.05, 3.63) is 48.1 Å². The lowest BCUT2D eigenvalue weighted by molar-refractivity contribution is -0.117. The number of carbonyl (C=O) groups is 1. The number of halogens is 1. The van der Waals surface area contributed by atoms with Crippen LogP contribution < -0.4 is 20.3 Å². The molecule has 0 radical (unpaired) electrons. The third kappa shape index (κ3) is 6.56. The Balaban J connectivity index is 1.35. The van der Waals surface area contributed by atoms with Crippen molar-refractivity contribution < 1.29 is 14.3 Å². The van der Waals surface area contributed by atoms with E-state index in [4.69, 9.17) is 21.1 Å². The zero-order valence-corrected chi connectivity index (χ0v) is 19.3. The van der Waals surface area contributed by atoms with Gasteiger partial charge >= 0.3 is 0 Å². The van der Waals surface area contributed by atoms with Gasteiger partial charge in [-0.2, -0.15) is 4.98 Å². The number of benzene rings is 1. The molecule has 10 heteroatoms. The van der Waals surface area contributed by atoms with Crippen LogP contribution in [-0.2, 0) is 9.53 Å². The monoisotopic (exact) mass is 472 g/mol. The molecule has 2 N–H and O–H groups in total. The van der Waals surface area contributed by atoms with Crippen LogP contribution in [0.5, 0.6) is 5.75 Å².